The van der Waals surface area contributed by atoms with Crippen molar-refractivity contribution in [3.63, 3.8) is 0 Å². The van der Waals surface area contributed by atoms with Gasteiger partial charge in [-0.1, -0.05) is 6.30 Å². The highest BCUT2D eigenvalue weighted by Gasteiger charge is 1.89. The average molecular weight is 152 g/mol. The van der Waals surface area contributed by atoms with E-state index in [1.165, 1.54) is 5.56 Å². The van der Waals surface area contributed by atoms with Gasteiger partial charge in [-0.15, -0.1) is 8.20 Å². The van der Waals surface area contributed by atoms with Crippen molar-refractivity contribution < 1.29 is 0 Å². The highest BCUT2D eigenvalue weighted by Crippen LogP contribution is 2.09. The first-order valence-corrected chi connectivity index (χ1v) is 4.22. The molecular formula is C7H9N2P. The van der Waals surface area contributed by atoms with Gasteiger partial charge in [0.25, 0.3) is 0 Å². The molecule has 1 rings (SSSR count). The second-order valence-corrected chi connectivity index (χ2v) is 2.73. The second kappa shape index (κ2) is 3.33. The Labute approximate surface area is 61.9 Å². The van der Waals surface area contributed by atoms with Crippen molar-refractivity contribution in [2.45, 2.75) is 6.16 Å². The van der Waals surface area contributed by atoms with Gasteiger partial charge in [-0.2, -0.15) is 0 Å². The number of nitrogen functional groups attached to an aromatic ring is 1. The van der Waals surface area contributed by atoms with Gasteiger partial charge in [0.2, 0.25) is 0 Å². The minimum atomic E-state index is 0.584. The average Bonchev–Trinajstić information content (AvgIpc) is 1.88. The summed E-state index contributed by atoms with van der Waals surface area (Å²) in [6, 6.07) is 3.83. The van der Waals surface area contributed by atoms with E-state index in [1.807, 2.05) is 12.1 Å². The van der Waals surface area contributed by atoms with Crippen LogP contribution in [0.3, 0.4) is 0 Å². The largest absolute Gasteiger partial charge is 0.384 e. The molecule has 0 radical (unpaired) electrons. The SMILES string of the molecule is C=PCc1ccnc(N)c1. The van der Waals surface area contributed by atoms with Crippen molar-refractivity contribution in [2.24, 2.45) is 0 Å². The number of rotatable bonds is 2. The van der Waals surface area contributed by atoms with Gasteiger partial charge in [0.15, 0.2) is 0 Å². The maximum atomic E-state index is 5.45. The summed E-state index contributed by atoms with van der Waals surface area (Å²) in [6.07, 6.45) is 6.39. The number of aromatic nitrogens is 1. The van der Waals surface area contributed by atoms with Crippen molar-refractivity contribution >= 4 is 20.3 Å². The van der Waals surface area contributed by atoms with E-state index >= 15 is 0 Å². The predicted molar refractivity (Wildman–Crippen MR) is 46.4 cm³/mol. The zero-order chi connectivity index (χ0) is 7.40. The molecule has 0 bridgehead atoms. The summed E-state index contributed by atoms with van der Waals surface area (Å²) in [5.41, 5.74) is 6.65. The molecule has 2 N–H and O–H groups in total. The number of nitrogens with two attached hydrogens (primary N) is 1. The van der Waals surface area contributed by atoms with Gasteiger partial charge in [0, 0.05) is 12.4 Å². The Bertz CT molecular complexity index is 235. The van der Waals surface area contributed by atoms with Gasteiger partial charge in [0.05, 0.1) is 0 Å². The van der Waals surface area contributed by atoms with Gasteiger partial charge in [-0.05, 0) is 17.7 Å². The van der Waals surface area contributed by atoms with Crippen molar-refractivity contribution in [3.8, 4) is 0 Å². The monoisotopic (exact) mass is 152 g/mol. The molecule has 3 heteroatoms. The normalized spacial score (nSPS) is 10.0. The molecule has 0 atom stereocenters. The first kappa shape index (κ1) is 7.23. The zero-order valence-electron chi connectivity index (χ0n) is 5.62. The van der Waals surface area contributed by atoms with Crippen LogP contribution in [0, 0.1) is 0 Å². The van der Waals surface area contributed by atoms with Gasteiger partial charge >= 0.3 is 0 Å². The Morgan fingerprint density at radius 1 is 1.70 bits per heavy atom. The van der Waals surface area contributed by atoms with Crippen LogP contribution in [0.25, 0.3) is 0 Å². The van der Waals surface area contributed by atoms with Crippen LogP contribution in [0.2, 0.25) is 0 Å². The van der Waals surface area contributed by atoms with Crippen LogP contribution in [0.4, 0.5) is 5.82 Å². The summed E-state index contributed by atoms with van der Waals surface area (Å²) >= 11 is 0. The number of hydrogen-bond acceptors (Lipinski definition) is 2. The lowest BCUT2D eigenvalue weighted by molar-refractivity contribution is 1.28. The molecule has 0 saturated heterocycles. The molecule has 0 amide bonds. The van der Waals surface area contributed by atoms with E-state index in [2.05, 4.69) is 11.3 Å². The number of nitrogens with zero attached hydrogens (tertiary/aromatic N) is 1. The quantitative estimate of drug-likeness (QED) is 0.653. The third kappa shape index (κ3) is 1.82. The Hall–Kier alpha value is -0.880. The fourth-order valence-corrected chi connectivity index (χ4v) is 1.18. The van der Waals surface area contributed by atoms with E-state index in [9.17, 15) is 0 Å². The fraction of sp³-hybridized carbons (Fsp3) is 0.143. The lowest BCUT2D eigenvalue weighted by atomic mass is 10.3. The minimum Gasteiger partial charge on any atom is -0.384 e. The molecule has 2 nitrogen and oxygen atoms in total. The lowest BCUT2D eigenvalue weighted by Crippen LogP contribution is -1.89. The standard InChI is InChI=1S/C7H9N2P/c1-10-5-6-2-3-9-7(8)4-6/h2-4H,1,5H2,(H2,8,9). The van der Waals surface area contributed by atoms with Crippen LogP contribution in [-0.2, 0) is 6.16 Å². The number of hydrogen-bond donors (Lipinski definition) is 1. The van der Waals surface area contributed by atoms with Crippen molar-refractivity contribution in [1.82, 2.24) is 4.98 Å². The molecule has 0 fully saturated rings. The Balaban J connectivity index is 2.84. The molecule has 52 valence electrons. The van der Waals surface area contributed by atoms with Crippen LogP contribution in [0.1, 0.15) is 5.56 Å². The molecular weight excluding hydrogens is 143 g/mol. The molecule has 0 unspecified atom stereocenters. The summed E-state index contributed by atoms with van der Waals surface area (Å²) in [5.74, 6) is 0.584. The second-order valence-electron chi connectivity index (χ2n) is 1.97. The van der Waals surface area contributed by atoms with E-state index in [0.717, 1.165) is 14.4 Å². The lowest BCUT2D eigenvalue weighted by Gasteiger charge is -1.95. The summed E-state index contributed by atoms with van der Waals surface area (Å²) in [6.45, 7) is 0. The van der Waals surface area contributed by atoms with Gasteiger partial charge < -0.3 is 5.73 Å². The summed E-state index contributed by atoms with van der Waals surface area (Å²) in [7, 11) is 1.11. The van der Waals surface area contributed by atoms with E-state index < -0.39 is 0 Å². The smallest absolute Gasteiger partial charge is 0.123 e. The van der Waals surface area contributed by atoms with E-state index in [4.69, 9.17) is 5.73 Å². The Kier molecular flexibility index (Phi) is 2.41. The zero-order valence-corrected chi connectivity index (χ0v) is 6.51. The Morgan fingerprint density at radius 3 is 3.10 bits per heavy atom. The highest BCUT2D eigenvalue weighted by molar-refractivity contribution is 7.35. The molecule has 0 aliphatic carbocycles. The van der Waals surface area contributed by atoms with E-state index in [-0.39, 0.29) is 0 Å². The topological polar surface area (TPSA) is 38.9 Å². The van der Waals surface area contributed by atoms with Crippen LogP contribution in [0.15, 0.2) is 18.3 Å². The third-order valence-corrected chi connectivity index (χ3v) is 1.73. The maximum absolute atomic E-state index is 5.45. The predicted octanol–water partition coefficient (Wildman–Crippen LogP) is 1.54. The summed E-state index contributed by atoms with van der Waals surface area (Å²) in [5, 5.41) is 0. The van der Waals surface area contributed by atoms with Crippen LogP contribution in [0.5, 0.6) is 0 Å². The maximum Gasteiger partial charge on any atom is 0.123 e. The molecule has 1 aromatic rings. The van der Waals surface area contributed by atoms with Crippen molar-refractivity contribution in [1.29, 1.82) is 0 Å². The van der Waals surface area contributed by atoms with Crippen molar-refractivity contribution in [3.05, 3.63) is 23.9 Å². The molecule has 1 heterocycles. The van der Waals surface area contributed by atoms with Gasteiger partial charge in [-0.25, -0.2) is 4.98 Å². The molecule has 0 saturated carbocycles. The number of pyridine rings is 1. The molecule has 10 heavy (non-hydrogen) atoms. The summed E-state index contributed by atoms with van der Waals surface area (Å²) in [4.78, 5) is 3.88. The molecule has 0 spiro atoms. The van der Waals surface area contributed by atoms with Crippen LogP contribution >= 0.6 is 8.20 Å². The molecule has 0 aliphatic heterocycles. The Morgan fingerprint density at radius 2 is 2.50 bits per heavy atom. The van der Waals surface area contributed by atoms with Crippen LogP contribution in [-0.4, -0.2) is 11.3 Å². The fourth-order valence-electron chi connectivity index (χ4n) is 0.722. The molecule has 0 aromatic carbocycles. The van der Waals surface area contributed by atoms with Crippen molar-refractivity contribution in [2.75, 3.05) is 5.73 Å². The summed E-state index contributed by atoms with van der Waals surface area (Å²) < 4.78 is 0. The minimum absolute atomic E-state index is 0.584. The molecule has 1 aromatic heterocycles. The van der Waals surface area contributed by atoms with Gasteiger partial charge in [-0.3, -0.25) is 0 Å². The highest BCUT2D eigenvalue weighted by atomic mass is 31.1. The van der Waals surface area contributed by atoms with E-state index in [0.29, 0.717) is 5.82 Å². The van der Waals surface area contributed by atoms with Gasteiger partial charge in [0.1, 0.15) is 5.82 Å². The third-order valence-electron chi connectivity index (χ3n) is 1.14. The van der Waals surface area contributed by atoms with Crippen LogP contribution < -0.4 is 5.73 Å². The first-order chi connectivity index (χ1) is 4.83. The number of anilines is 1. The first-order valence-electron chi connectivity index (χ1n) is 2.96. The van der Waals surface area contributed by atoms with E-state index in [1.54, 1.807) is 6.20 Å². The molecule has 0 aliphatic rings.